The van der Waals surface area contributed by atoms with Gasteiger partial charge in [0, 0.05) is 34.9 Å². The van der Waals surface area contributed by atoms with Crippen LogP contribution in [0.15, 0.2) is 49.1 Å². The number of para-hydroxylation sites is 1. The molecule has 0 spiro atoms. The number of hydrogen-bond acceptors (Lipinski definition) is 2. The molecule has 4 rings (SSSR count). The molecule has 2 heterocycles. The van der Waals surface area contributed by atoms with Crippen molar-refractivity contribution in [3.05, 3.63) is 66.0 Å². The summed E-state index contributed by atoms with van der Waals surface area (Å²) in [6.45, 7) is 4.43. The van der Waals surface area contributed by atoms with Gasteiger partial charge in [0.05, 0.1) is 11.9 Å². The van der Waals surface area contributed by atoms with Crippen molar-refractivity contribution in [2.24, 2.45) is 5.73 Å². The molecule has 2 aromatic carbocycles. The molecule has 0 saturated heterocycles. The zero-order valence-electron chi connectivity index (χ0n) is 15.3. The number of nitrogens with one attached hydrogen (secondary N) is 1. The van der Waals surface area contributed by atoms with Crippen molar-refractivity contribution in [1.82, 2.24) is 9.88 Å². The van der Waals surface area contributed by atoms with Crippen molar-refractivity contribution in [2.45, 2.75) is 12.8 Å². The molecule has 0 fully saturated rings. The minimum Gasteiger partial charge on any atom is -0.369 e. The molecule has 0 radical (unpaired) electrons. The van der Waals surface area contributed by atoms with Crippen LogP contribution in [-0.2, 0) is 16.0 Å². The summed E-state index contributed by atoms with van der Waals surface area (Å²) in [6, 6.07) is 9.05. The number of primary amides is 1. The number of fused-ring (bicyclic) bond motifs is 3. The molecule has 3 aromatic rings. The smallest absolute Gasteiger partial charge is 0.246 e. The highest BCUT2D eigenvalue weighted by atomic mass is 19.1. The molecule has 0 unspecified atom stereocenters. The van der Waals surface area contributed by atoms with Gasteiger partial charge in [-0.15, -0.1) is 0 Å². The summed E-state index contributed by atoms with van der Waals surface area (Å²) in [5, 5.41) is 1.64. The van der Waals surface area contributed by atoms with Crippen molar-refractivity contribution >= 4 is 39.2 Å². The summed E-state index contributed by atoms with van der Waals surface area (Å²) < 4.78 is 15.2. The summed E-state index contributed by atoms with van der Waals surface area (Å²) in [7, 11) is 0. The number of benzene rings is 2. The molecule has 1 aliphatic rings. The Morgan fingerprint density at radius 1 is 1.32 bits per heavy atom. The maximum Gasteiger partial charge on any atom is 0.246 e. The zero-order chi connectivity index (χ0) is 19.8. The maximum atomic E-state index is 15.2. The lowest BCUT2D eigenvalue weighted by Crippen LogP contribution is -2.33. The molecule has 5 nitrogen and oxygen atoms in total. The molecule has 142 valence electrons. The highest BCUT2D eigenvalue weighted by Gasteiger charge is 2.23. The van der Waals surface area contributed by atoms with Gasteiger partial charge >= 0.3 is 0 Å². The Kier molecular flexibility index (Phi) is 4.47. The molecule has 0 saturated carbocycles. The van der Waals surface area contributed by atoms with Gasteiger partial charge in [-0.05, 0) is 35.8 Å². The largest absolute Gasteiger partial charge is 0.369 e. The van der Waals surface area contributed by atoms with Crippen LogP contribution in [0, 0.1) is 5.82 Å². The Bertz CT molecular complexity index is 1160. The molecular weight excluding hydrogens is 357 g/mol. The number of aromatic amines is 1. The van der Waals surface area contributed by atoms with Crippen LogP contribution in [0.5, 0.6) is 0 Å². The van der Waals surface area contributed by atoms with E-state index in [1.165, 1.54) is 12.1 Å². The Labute approximate surface area is 161 Å². The van der Waals surface area contributed by atoms with Crippen LogP contribution in [0.4, 0.5) is 4.39 Å². The molecular formula is C22H20FN3O2. The quantitative estimate of drug-likeness (QED) is 0.684. The standard InChI is InChI=1S/C22H20FN3O2/c1-2-19(28)26-9-7-13(8-10-26)20-16(23)11-14(12-18(24)27)22-21(20)15-5-3-4-6-17(15)25-22/h2-7,11,25H,1,8-10,12H2,(H2,24,27). The predicted octanol–water partition coefficient (Wildman–Crippen LogP) is 3.29. The lowest BCUT2D eigenvalue weighted by Gasteiger charge is -2.26. The summed E-state index contributed by atoms with van der Waals surface area (Å²) in [5.74, 6) is -1.03. The molecule has 0 bridgehead atoms. The minimum absolute atomic E-state index is 0.0405. The molecule has 0 atom stereocenters. The predicted molar refractivity (Wildman–Crippen MR) is 108 cm³/mol. The number of carbonyl (C=O) groups excluding carboxylic acids is 2. The van der Waals surface area contributed by atoms with Gasteiger partial charge in [0.2, 0.25) is 11.8 Å². The highest BCUT2D eigenvalue weighted by Crippen LogP contribution is 2.38. The molecule has 1 aliphatic heterocycles. The Morgan fingerprint density at radius 3 is 2.79 bits per heavy atom. The van der Waals surface area contributed by atoms with Gasteiger partial charge < -0.3 is 15.6 Å². The second-order valence-corrected chi connectivity index (χ2v) is 6.92. The van der Waals surface area contributed by atoms with Gasteiger partial charge in [0.15, 0.2) is 0 Å². The third kappa shape index (κ3) is 2.97. The van der Waals surface area contributed by atoms with E-state index in [0.717, 1.165) is 27.4 Å². The van der Waals surface area contributed by atoms with E-state index in [2.05, 4.69) is 11.6 Å². The van der Waals surface area contributed by atoms with Crippen LogP contribution in [0.25, 0.3) is 27.4 Å². The number of nitrogens with two attached hydrogens (primary N) is 1. The van der Waals surface area contributed by atoms with E-state index in [4.69, 9.17) is 5.73 Å². The van der Waals surface area contributed by atoms with Crippen LogP contribution in [-0.4, -0.2) is 34.8 Å². The third-order valence-electron chi connectivity index (χ3n) is 5.20. The number of amides is 2. The van der Waals surface area contributed by atoms with Crippen molar-refractivity contribution in [3.63, 3.8) is 0 Å². The lowest BCUT2D eigenvalue weighted by molar-refractivity contribution is -0.125. The van der Waals surface area contributed by atoms with E-state index in [0.29, 0.717) is 30.6 Å². The molecule has 1 aromatic heterocycles. The summed E-state index contributed by atoms with van der Waals surface area (Å²) in [4.78, 5) is 28.3. The van der Waals surface area contributed by atoms with Crippen LogP contribution in [0.1, 0.15) is 17.5 Å². The Morgan fingerprint density at radius 2 is 2.11 bits per heavy atom. The van der Waals surface area contributed by atoms with Crippen LogP contribution < -0.4 is 5.73 Å². The average molecular weight is 377 g/mol. The number of H-pyrrole nitrogens is 1. The third-order valence-corrected chi connectivity index (χ3v) is 5.20. The number of nitrogens with zero attached hydrogens (tertiary/aromatic N) is 1. The van der Waals surface area contributed by atoms with Gasteiger partial charge in [-0.3, -0.25) is 9.59 Å². The van der Waals surface area contributed by atoms with Crippen LogP contribution >= 0.6 is 0 Å². The van der Waals surface area contributed by atoms with E-state index in [-0.39, 0.29) is 18.1 Å². The number of carbonyl (C=O) groups is 2. The number of halogens is 1. The summed E-state index contributed by atoms with van der Waals surface area (Å²) in [6.07, 6.45) is 3.68. The Balaban J connectivity index is 1.93. The second-order valence-electron chi connectivity index (χ2n) is 6.92. The van der Waals surface area contributed by atoms with E-state index in [1.54, 1.807) is 4.90 Å². The first-order valence-electron chi connectivity index (χ1n) is 9.10. The first kappa shape index (κ1) is 18.0. The van der Waals surface area contributed by atoms with E-state index in [9.17, 15) is 9.59 Å². The molecule has 28 heavy (non-hydrogen) atoms. The Hall–Kier alpha value is -3.41. The van der Waals surface area contributed by atoms with Gasteiger partial charge in [-0.2, -0.15) is 0 Å². The average Bonchev–Trinajstić information content (AvgIpc) is 3.07. The monoisotopic (exact) mass is 377 g/mol. The van der Waals surface area contributed by atoms with Gasteiger partial charge in [0.25, 0.3) is 0 Å². The lowest BCUT2D eigenvalue weighted by atomic mass is 9.92. The molecule has 2 amide bonds. The molecule has 0 aliphatic carbocycles. The zero-order valence-corrected chi connectivity index (χ0v) is 15.3. The summed E-state index contributed by atoms with van der Waals surface area (Å²) in [5.41, 5.74) is 8.87. The second kappa shape index (κ2) is 6.96. The fourth-order valence-electron chi connectivity index (χ4n) is 3.93. The first-order chi connectivity index (χ1) is 13.5. The topological polar surface area (TPSA) is 79.2 Å². The van der Waals surface area contributed by atoms with Crippen molar-refractivity contribution < 1.29 is 14.0 Å². The van der Waals surface area contributed by atoms with Crippen molar-refractivity contribution in [3.8, 4) is 0 Å². The van der Waals surface area contributed by atoms with E-state index >= 15 is 4.39 Å². The number of rotatable bonds is 4. The van der Waals surface area contributed by atoms with Gasteiger partial charge in [-0.25, -0.2) is 4.39 Å². The first-order valence-corrected chi connectivity index (χ1v) is 9.10. The molecule has 3 N–H and O–H groups in total. The van der Waals surface area contributed by atoms with Crippen molar-refractivity contribution in [2.75, 3.05) is 13.1 Å². The maximum absolute atomic E-state index is 15.2. The summed E-state index contributed by atoms with van der Waals surface area (Å²) >= 11 is 0. The van der Waals surface area contributed by atoms with Gasteiger partial charge in [0.1, 0.15) is 5.82 Å². The van der Waals surface area contributed by atoms with Crippen LogP contribution in [0.2, 0.25) is 0 Å². The number of hydrogen-bond donors (Lipinski definition) is 2. The normalized spacial score (nSPS) is 14.3. The highest BCUT2D eigenvalue weighted by molar-refractivity contribution is 6.13. The molecule has 6 heteroatoms. The van der Waals surface area contributed by atoms with Gasteiger partial charge in [-0.1, -0.05) is 30.9 Å². The van der Waals surface area contributed by atoms with E-state index < -0.39 is 5.91 Å². The number of aromatic nitrogens is 1. The van der Waals surface area contributed by atoms with E-state index in [1.807, 2.05) is 30.3 Å². The SMILES string of the molecule is C=CC(=O)N1CC=C(c2c(F)cc(CC(N)=O)c3[nH]c4ccccc4c23)CC1. The fourth-order valence-corrected chi connectivity index (χ4v) is 3.93. The van der Waals surface area contributed by atoms with Crippen LogP contribution in [0.3, 0.4) is 0 Å². The fraction of sp³-hybridized carbons (Fsp3) is 0.182. The minimum atomic E-state index is -0.512. The van der Waals surface area contributed by atoms with Crippen molar-refractivity contribution in [1.29, 1.82) is 0 Å².